The van der Waals surface area contributed by atoms with Crippen LogP contribution in [0.5, 0.6) is 0 Å². The van der Waals surface area contributed by atoms with Gasteiger partial charge in [0.1, 0.15) is 0 Å². The molecule has 0 atom stereocenters. The zero-order valence-electron chi connectivity index (χ0n) is 72.1. The van der Waals surface area contributed by atoms with Crippen molar-refractivity contribution in [1.29, 1.82) is 0 Å². The summed E-state index contributed by atoms with van der Waals surface area (Å²) in [5, 5.41) is 1.12. The summed E-state index contributed by atoms with van der Waals surface area (Å²) in [4.78, 5) is 0.859. The first-order valence-electron chi connectivity index (χ1n) is 37.5. The Balaban J connectivity index is -0.0000000755. The van der Waals surface area contributed by atoms with Gasteiger partial charge in [-0.2, -0.15) is 18.8 Å². The molecule has 0 aliphatic heterocycles. The maximum Gasteiger partial charge on any atom is 2.00 e. The average Bonchev–Trinajstić information content (AvgIpc) is 1.83. The molecule has 0 radical (unpaired) electrons. The monoisotopic (exact) mass is 1920 g/mol. The molecule has 0 aromatic heterocycles. The summed E-state index contributed by atoms with van der Waals surface area (Å²) in [6.07, 6.45) is 41.2. The Hall–Kier alpha value is 5.93. The number of rotatable bonds is 34. The third-order valence-electron chi connectivity index (χ3n) is 15.6. The molecule has 6 aliphatic carbocycles. The topological polar surface area (TPSA) is 146 Å². The first-order chi connectivity index (χ1) is 45.8. The number of alkyl halides is 2. The van der Waals surface area contributed by atoms with E-state index in [1.165, 1.54) is 160 Å². The Morgan fingerprint density at radius 1 is 0.451 bits per heavy atom. The quantitative estimate of drug-likeness (QED) is 0.0150. The third-order valence-corrected chi connectivity index (χ3v) is 36.6. The maximum absolute atomic E-state index is 9.09. The summed E-state index contributed by atoms with van der Waals surface area (Å²) in [6.45, 7) is 51.0. The molecule has 0 amide bonds. The van der Waals surface area contributed by atoms with Crippen molar-refractivity contribution < 1.29 is 106 Å². The molecule has 6 rings (SSSR count). The number of hydrogen-bond acceptors (Lipinski definition) is 15. The zero-order chi connectivity index (χ0) is 73.6. The molecule has 0 unspecified atom stereocenters. The van der Waals surface area contributed by atoms with Gasteiger partial charge < -0.3 is 115 Å². The van der Waals surface area contributed by atoms with Gasteiger partial charge in [-0.25, -0.2) is 4.21 Å². The molecule has 102 heavy (non-hydrogen) atoms. The second-order valence-corrected chi connectivity index (χ2v) is 44.9. The molecular formula is C70H151Br4Cl3Mg4O15SSi5. The second kappa shape index (κ2) is 86.3. The van der Waals surface area contributed by atoms with Crippen LogP contribution in [0.1, 0.15) is 291 Å². The van der Waals surface area contributed by atoms with Gasteiger partial charge in [0.25, 0.3) is 0 Å². The van der Waals surface area contributed by atoms with E-state index in [4.69, 9.17) is 83.7 Å². The van der Waals surface area contributed by atoms with Gasteiger partial charge in [0.2, 0.25) is 9.23 Å². The van der Waals surface area contributed by atoms with Crippen molar-refractivity contribution in [2.24, 2.45) is 17.8 Å². The van der Waals surface area contributed by atoms with Crippen molar-refractivity contribution in [3.63, 3.8) is 0 Å². The predicted molar refractivity (Wildman–Crippen MR) is 454 cm³/mol. The van der Waals surface area contributed by atoms with Gasteiger partial charge in [-0.05, 0) is 172 Å². The molecule has 6 saturated carbocycles. The predicted octanol–water partition coefficient (Wildman–Crippen LogP) is 16.0. The van der Waals surface area contributed by atoms with E-state index in [2.05, 4.69) is 122 Å². The van der Waals surface area contributed by atoms with Crippen LogP contribution in [0.25, 0.3) is 0 Å². The third kappa shape index (κ3) is 66.0. The van der Waals surface area contributed by atoms with Crippen molar-refractivity contribution in [3.8, 4) is 12.5 Å². The van der Waals surface area contributed by atoms with Crippen molar-refractivity contribution in [1.82, 2.24) is 0 Å². The van der Waals surface area contributed by atoms with E-state index < -0.39 is 52.3 Å². The van der Waals surface area contributed by atoms with Crippen LogP contribution in [0, 0.1) is 43.6 Å². The van der Waals surface area contributed by atoms with E-state index in [9.17, 15) is 0 Å². The Morgan fingerprint density at radius 2 is 0.686 bits per heavy atom. The normalized spacial score (nSPS) is 16.1. The number of hydrogen-bond donors (Lipinski definition) is 0. The SMILES string of the molecule is BrC1CCCC1.C#CO[Si](OCC)(OCC)OCC.CC(C)CBr.CCO[Si](CC(C)C)(OCC)C1CCCC1.CCO[Si](Cl)(OCC)C1CCCC1.CCO[Si](OCC)(OCC)C1CCCC1.CCO[Si](OCC)(OCC)C1CCCC1.O=S(Cl)Cl.[Br-].[Br-].[CH-]1CCCC1.[CH2-]C(C)C.[H-].[H-].[H-].[H-].[Mg+2].[Mg+2].[Mg+2].[Mg+2]. The fourth-order valence-corrected chi connectivity index (χ4v) is 29.2. The molecule has 0 aromatic rings. The summed E-state index contributed by atoms with van der Waals surface area (Å²) in [5.41, 5.74) is 2.33. The smallest absolute Gasteiger partial charge is 1.00 e. The van der Waals surface area contributed by atoms with Gasteiger partial charge in [0.15, 0.2) is 0 Å². The van der Waals surface area contributed by atoms with Gasteiger partial charge in [-0.15, -0.1) is 0 Å². The molecule has 0 N–H and O–H groups in total. The molecule has 0 spiro atoms. The zero-order valence-corrected chi connectivity index (χ0v) is 88.1. The Bertz CT molecular complexity index is 1660. The van der Waals surface area contributed by atoms with E-state index in [-0.39, 0.29) is 132 Å². The first-order valence-corrected chi connectivity index (χ1v) is 52.6. The molecule has 0 saturated heterocycles. The summed E-state index contributed by atoms with van der Waals surface area (Å²) in [5.74, 6) is 2.07. The summed E-state index contributed by atoms with van der Waals surface area (Å²) < 4.78 is 88.8. The average molecular weight is 1930 g/mol. The molecule has 0 bridgehead atoms. The van der Waals surface area contributed by atoms with Crippen LogP contribution in [-0.2, 0) is 71.2 Å². The van der Waals surface area contributed by atoms with Gasteiger partial charge in [0.05, 0.1) is 6.11 Å². The van der Waals surface area contributed by atoms with Crippen LogP contribution >= 0.6 is 64.3 Å². The minimum Gasteiger partial charge on any atom is -1.00 e. The minimum atomic E-state index is -3.03. The Kier molecular flexibility index (Phi) is 109. The molecule has 0 aromatic carbocycles. The van der Waals surface area contributed by atoms with Crippen molar-refractivity contribution >= 4 is 209 Å². The molecule has 6 fully saturated rings. The van der Waals surface area contributed by atoms with Crippen molar-refractivity contribution in [3.05, 3.63) is 13.3 Å². The largest absolute Gasteiger partial charge is 2.00 e. The first kappa shape index (κ1) is 129. The van der Waals surface area contributed by atoms with Crippen molar-refractivity contribution in [2.75, 3.05) is 91.2 Å². The van der Waals surface area contributed by atoms with Gasteiger partial charge >= 0.3 is 135 Å². The van der Waals surface area contributed by atoms with Crippen LogP contribution in [-0.4, -0.2) is 236 Å². The Labute approximate surface area is 759 Å². The van der Waals surface area contributed by atoms with Crippen LogP contribution in [0.15, 0.2) is 0 Å². The molecule has 6 aliphatic rings. The van der Waals surface area contributed by atoms with Crippen LogP contribution in [0.2, 0.25) is 28.2 Å². The van der Waals surface area contributed by atoms with E-state index in [1.807, 2.05) is 82.3 Å². The van der Waals surface area contributed by atoms with Gasteiger partial charge in [-0.1, -0.05) is 168 Å². The van der Waals surface area contributed by atoms with Gasteiger partial charge in [-0.3, -0.25) is 0 Å². The molecule has 32 heteroatoms. The fraction of sp³-hybridized carbons (Fsp3) is 0.943. The summed E-state index contributed by atoms with van der Waals surface area (Å²) >= 11 is 13.3. The van der Waals surface area contributed by atoms with E-state index in [0.717, 1.165) is 34.8 Å². The van der Waals surface area contributed by atoms with E-state index in [0.29, 0.717) is 101 Å². The van der Waals surface area contributed by atoms with E-state index in [1.54, 1.807) is 0 Å². The molecule has 15 nitrogen and oxygen atoms in total. The fourth-order valence-electron chi connectivity index (χ4n) is 12.1. The molecule has 604 valence electrons. The standard InChI is InChI=1S/C13H28O2Si.2C11H24O3Si.C9H19ClO2Si.C8H16O4Si.C5H9Br.C5H9.C4H9Br.C4H9.2BrH.Cl2OS.4Mg.4H/c1-5-14-16(15-6-2,11-12(3)4)13-9-7-8-10-13;2*1-4-12-15(13-5-2,14-6-3)11-9-7-8-10-11;1-3-11-13(10,12-4-2)9-7-5-6-8-9;1-5-9-13(10-6-2,11-7-3)12-8-4;6-5-3-1-2-4-5;1-2-4-5-3-1;1-4(2)3-5;1-4(2)3;;;1-4(2)3;;;;;;;;/h12-13H,5-11H2,1-4H3;2*11H,4-10H2,1-3H3;9H,3-8H2,1-2H3;1H,6-8H2,2-4H3;5H,1-4H2;1H,2-5H2;4H,3H2,1-2H3;4H,1H2,2-3H3;2*1H;;;;;;;;;/q;;;;;;-1;;-1;;;;4*+2;4*-1/p-2. The molecule has 0 heterocycles. The Morgan fingerprint density at radius 3 is 0.873 bits per heavy atom. The van der Waals surface area contributed by atoms with Crippen LogP contribution < -0.4 is 34.0 Å². The van der Waals surface area contributed by atoms with Crippen molar-refractivity contribution in [2.45, 2.75) is 319 Å². The molecular weight excluding hydrogens is 1780 g/mol. The maximum atomic E-state index is 9.09. The van der Waals surface area contributed by atoms with Gasteiger partial charge in [0, 0.05) is 140 Å². The summed E-state index contributed by atoms with van der Waals surface area (Å²) in [6, 6.07) is 1.17. The van der Waals surface area contributed by atoms with E-state index >= 15 is 0 Å². The van der Waals surface area contributed by atoms with Crippen LogP contribution in [0.3, 0.4) is 0 Å². The number of halogens is 7. The summed E-state index contributed by atoms with van der Waals surface area (Å²) in [7, 11) is -4.67. The van der Waals surface area contributed by atoms with Crippen LogP contribution in [0.4, 0.5) is 0 Å². The number of terminal acetylenes is 1. The second-order valence-electron chi connectivity index (χ2n) is 25.1. The minimum absolute atomic E-state index is 0.